The highest BCUT2D eigenvalue weighted by atomic mass is 35.5. The van der Waals surface area contributed by atoms with Gasteiger partial charge in [-0.05, 0) is 48.5 Å². The predicted molar refractivity (Wildman–Crippen MR) is 94.4 cm³/mol. The molecule has 1 aromatic carbocycles. The summed E-state index contributed by atoms with van der Waals surface area (Å²) in [5.41, 5.74) is 4.53. The largest absolute Gasteiger partial charge is 0.285 e. The van der Waals surface area contributed by atoms with E-state index < -0.39 is 0 Å². The third-order valence-electron chi connectivity index (χ3n) is 3.16. The van der Waals surface area contributed by atoms with Gasteiger partial charge in [0, 0.05) is 17.4 Å². The number of benzene rings is 1. The van der Waals surface area contributed by atoms with Gasteiger partial charge < -0.3 is 0 Å². The fourth-order valence-corrected chi connectivity index (χ4v) is 2.12. The number of Topliss-reactive ketones (excluding diaryl/α,β-unsaturated/α-hetero) is 1. The zero-order valence-electron chi connectivity index (χ0n) is 12.6. The van der Waals surface area contributed by atoms with Crippen LogP contribution in [0.25, 0.3) is 0 Å². The van der Waals surface area contributed by atoms with Crippen LogP contribution < -0.4 is 5.43 Å². The van der Waals surface area contributed by atoms with Crippen molar-refractivity contribution in [3.8, 4) is 0 Å². The molecule has 5 nitrogen and oxygen atoms in total. The molecule has 2 aromatic heterocycles. The van der Waals surface area contributed by atoms with Crippen LogP contribution in [-0.4, -0.2) is 21.5 Å². The second-order valence-corrected chi connectivity index (χ2v) is 5.27. The van der Waals surface area contributed by atoms with Crippen molar-refractivity contribution in [2.75, 3.05) is 5.43 Å². The van der Waals surface area contributed by atoms with Gasteiger partial charge in [0.05, 0.1) is 11.4 Å². The first kappa shape index (κ1) is 15.8. The highest BCUT2D eigenvalue weighted by Crippen LogP contribution is 2.14. The van der Waals surface area contributed by atoms with Crippen LogP contribution in [0.1, 0.15) is 16.2 Å². The second kappa shape index (κ2) is 7.48. The summed E-state index contributed by atoms with van der Waals surface area (Å²) in [6.45, 7) is 0. The minimum absolute atomic E-state index is 0.184. The van der Waals surface area contributed by atoms with Gasteiger partial charge in [-0.25, -0.2) is 0 Å². The molecule has 0 bridgehead atoms. The van der Waals surface area contributed by atoms with Crippen molar-refractivity contribution in [2.24, 2.45) is 5.10 Å². The van der Waals surface area contributed by atoms with Crippen molar-refractivity contribution < 1.29 is 4.79 Å². The van der Waals surface area contributed by atoms with E-state index in [1.807, 2.05) is 0 Å². The second-order valence-electron chi connectivity index (χ2n) is 4.84. The van der Waals surface area contributed by atoms with Crippen LogP contribution >= 0.6 is 11.6 Å². The number of ketones is 1. The smallest absolute Gasteiger partial charge is 0.233 e. The summed E-state index contributed by atoms with van der Waals surface area (Å²) in [5.74, 6) is -0.309. The number of hydrogen-bond acceptors (Lipinski definition) is 5. The van der Waals surface area contributed by atoms with Crippen molar-refractivity contribution in [1.82, 2.24) is 9.97 Å². The Hall–Kier alpha value is -3.05. The lowest BCUT2D eigenvalue weighted by Gasteiger charge is -2.06. The molecular formula is C18H13ClN4O. The summed E-state index contributed by atoms with van der Waals surface area (Å²) in [4.78, 5) is 21.0. The van der Waals surface area contributed by atoms with Crippen molar-refractivity contribution in [3.05, 3.63) is 89.5 Å². The third-order valence-corrected chi connectivity index (χ3v) is 3.41. The molecule has 0 aliphatic rings. The third kappa shape index (κ3) is 3.83. The van der Waals surface area contributed by atoms with Crippen molar-refractivity contribution in [2.45, 2.75) is 0 Å². The maximum Gasteiger partial charge on any atom is 0.233 e. The van der Waals surface area contributed by atoms with E-state index in [-0.39, 0.29) is 11.5 Å². The summed E-state index contributed by atoms with van der Waals surface area (Å²) >= 11 is 5.86. The number of pyridine rings is 2. The fraction of sp³-hybridized carbons (Fsp3) is 0. The fourth-order valence-electron chi connectivity index (χ4n) is 1.99. The molecule has 118 valence electrons. The van der Waals surface area contributed by atoms with Gasteiger partial charge in [-0.3, -0.25) is 20.2 Å². The number of aromatic nitrogens is 2. The molecule has 3 rings (SSSR count). The van der Waals surface area contributed by atoms with Gasteiger partial charge in [0.1, 0.15) is 5.69 Å². The number of carbonyl (C=O) groups is 1. The molecular weight excluding hydrogens is 324 g/mol. The zero-order valence-corrected chi connectivity index (χ0v) is 13.3. The molecule has 24 heavy (non-hydrogen) atoms. The van der Waals surface area contributed by atoms with Crippen LogP contribution in [0.4, 0.5) is 5.69 Å². The van der Waals surface area contributed by atoms with Crippen molar-refractivity contribution >= 4 is 28.8 Å². The summed E-state index contributed by atoms with van der Waals surface area (Å²) in [6, 6.07) is 17.5. The summed E-state index contributed by atoms with van der Waals surface area (Å²) < 4.78 is 0. The number of halogens is 1. The van der Waals surface area contributed by atoms with Gasteiger partial charge in [-0.1, -0.05) is 23.7 Å². The van der Waals surface area contributed by atoms with Crippen molar-refractivity contribution in [3.63, 3.8) is 0 Å². The maximum atomic E-state index is 12.7. The van der Waals surface area contributed by atoms with Crippen LogP contribution in [0.2, 0.25) is 5.02 Å². The highest BCUT2D eigenvalue weighted by Gasteiger charge is 2.18. The topological polar surface area (TPSA) is 67.2 Å². The molecule has 0 unspecified atom stereocenters. The number of carbonyl (C=O) groups excluding carboxylic acids is 1. The molecule has 6 heteroatoms. The van der Waals surface area contributed by atoms with E-state index in [4.69, 9.17) is 11.6 Å². The first-order valence-electron chi connectivity index (χ1n) is 7.20. The summed E-state index contributed by atoms with van der Waals surface area (Å²) in [7, 11) is 0. The number of nitrogens with zero attached hydrogens (tertiary/aromatic N) is 3. The maximum absolute atomic E-state index is 12.7. The average molecular weight is 337 g/mol. The lowest BCUT2D eigenvalue weighted by molar-refractivity contribution is 0.106. The lowest BCUT2D eigenvalue weighted by Crippen LogP contribution is -2.19. The van der Waals surface area contributed by atoms with E-state index in [2.05, 4.69) is 20.5 Å². The van der Waals surface area contributed by atoms with Gasteiger partial charge in [0.2, 0.25) is 5.78 Å². The van der Waals surface area contributed by atoms with Gasteiger partial charge >= 0.3 is 0 Å². The van der Waals surface area contributed by atoms with Crippen LogP contribution in [-0.2, 0) is 0 Å². The highest BCUT2D eigenvalue weighted by molar-refractivity contribution is 6.50. The molecule has 3 aromatic rings. The standard InChI is InChI=1S/C18H13ClN4O/c19-13-7-9-14(10-8-13)22-23-17(15-5-1-3-11-20-15)18(24)16-6-2-4-12-21-16/h1-12,22H. The van der Waals surface area contributed by atoms with E-state index >= 15 is 0 Å². The zero-order chi connectivity index (χ0) is 16.8. The first-order chi connectivity index (χ1) is 11.7. The molecule has 0 aliphatic heterocycles. The van der Waals surface area contributed by atoms with Crippen molar-refractivity contribution in [1.29, 1.82) is 0 Å². The minimum Gasteiger partial charge on any atom is -0.285 e. The molecule has 0 aliphatic carbocycles. The summed E-state index contributed by atoms with van der Waals surface area (Å²) in [5, 5.41) is 4.87. The summed E-state index contributed by atoms with van der Waals surface area (Å²) in [6.07, 6.45) is 3.18. The number of hydrazone groups is 1. The van der Waals surface area contributed by atoms with Crippen LogP contribution in [0.15, 0.2) is 78.2 Å². The molecule has 0 saturated carbocycles. The average Bonchev–Trinajstić information content (AvgIpc) is 2.65. The quantitative estimate of drug-likeness (QED) is 0.437. The van der Waals surface area contributed by atoms with Crippen LogP contribution in [0.5, 0.6) is 0 Å². The molecule has 0 amide bonds. The molecule has 0 fully saturated rings. The monoisotopic (exact) mass is 336 g/mol. The van der Waals surface area contributed by atoms with Gasteiger partial charge in [0.25, 0.3) is 0 Å². The Morgan fingerprint density at radius 3 is 2.08 bits per heavy atom. The van der Waals surface area contributed by atoms with Gasteiger partial charge in [-0.15, -0.1) is 0 Å². The number of nitrogens with one attached hydrogen (secondary N) is 1. The number of anilines is 1. The molecule has 0 radical (unpaired) electrons. The minimum atomic E-state index is -0.309. The van der Waals surface area contributed by atoms with E-state index in [0.29, 0.717) is 22.1 Å². The molecule has 0 atom stereocenters. The van der Waals surface area contributed by atoms with Crippen LogP contribution in [0, 0.1) is 0 Å². The Balaban J connectivity index is 1.94. The Kier molecular flexibility index (Phi) is 4.93. The normalized spacial score (nSPS) is 11.1. The lowest BCUT2D eigenvalue weighted by atomic mass is 10.1. The van der Waals surface area contributed by atoms with Gasteiger partial charge in [-0.2, -0.15) is 5.10 Å². The molecule has 0 spiro atoms. The Morgan fingerprint density at radius 1 is 0.875 bits per heavy atom. The van der Waals surface area contributed by atoms with E-state index in [1.54, 1.807) is 73.1 Å². The van der Waals surface area contributed by atoms with Gasteiger partial charge in [0.15, 0.2) is 5.71 Å². The number of rotatable bonds is 5. The SMILES string of the molecule is O=C(C(=NNc1ccc(Cl)cc1)c1ccccn1)c1ccccn1. The van der Waals surface area contributed by atoms with E-state index in [0.717, 1.165) is 0 Å². The molecule has 2 heterocycles. The Morgan fingerprint density at radius 2 is 1.50 bits per heavy atom. The predicted octanol–water partition coefficient (Wildman–Crippen LogP) is 3.83. The Bertz CT molecular complexity index is 849. The Labute approximate surface area is 144 Å². The number of hydrogen-bond donors (Lipinski definition) is 1. The molecule has 1 N–H and O–H groups in total. The molecule has 0 saturated heterocycles. The van der Waals surface area contributed by atoms with Crippen LogP contribution in [0.3, 0.4) is 0 Å². The first-order valence-corrected chi connectivity index (χ1v) is 7.58. The van der Waals surface area contributed by atoms with E-state index in [1.165, 1.54) is 0 Å². The van der Waals surface area contributed by atoms with E-state index in [9.17, 15) is 4.79 Å².